The zero-order chi connectivity index (χ0) is 22.5. The number of aromatic nitrogens is 2. The van der Waals surface area contributed by atoms with Crippen LogP contribution in [0.4, 0.5) is 0 Å². The van der Waals surface area contributed by atoms with E-state index in [1.807, 2.05) is 6.92 Å². The molecule has 0 spiro atoms. The molecule has 0 radical (unpaired) electrons. The molecule has 0 unspecified atom stereocenters. The molecule has 0 saturated heterocycles. The molecule has 2 heterocycles. The Balaban J connectivity index is 1.96. The van der Waals surface area contributed by atoms with Crippen LogP contribution in [0.15, 0.2) is 51.0 Å². The number of carbonyl (C=O) groups excluding carboxylic acids is 1. The van der Waals surface area contributed by atoms with Crippen molar-refractivity contribution in [3.63, 3.8) is 0 Å². The van der Waals surface area contributed by atoms with E-state index in [0.29, 0.717) is 24.2 Å². The van der Waals surface area contributed by atoms with Crippen LogP contribution in [-0.4, -0.2) is 30.1 Å². The van der Waals surface area contributed by atoms with Crippen LogP contribution < -0.4 is 5.56 Å². The number of nitrogens with zero attached hydrogens (tertiary/aromatic N) is 2. The first-order valence-electron chi connectivity index (χ1n) is 10.1. The summed E-state index contributed by atoms with van der Waals surface area (Å²) < 4.78 is 34.7. The standard InChI is InChI=1S/C23H24N2O5S/c1-5-30-23(27)21-17-12-11-15-13-18(31(28,29)16-9-7-6-8-10-16)22(26)25(4)20(15)19(17)14(2)24(21)3/h6-10,13H,5,11-12H2,1-4H3. The molecule has 7 nitrogen and oxygen atoms in total. The average molecular weight is 441 g/mol. The van der Waals surface area contributed by atoms with Crippen molar-refractivity contribution in [2.45, 2.75) is 36.5 Å². The molecule has 8 heteroatoms. The number of pyridine rings is 1. The van der Waals surface area contributed by atoms with Crippen LogP contribution in [0.1, 0.15) is 34.2 Å². The highest BCUT2D eigenvalue weighted by Gasteiger charge is 2.33. The molecule has 31 heavy (non-hydrogen) atoms. The Bertz CT molecular complexity index is 1370. The summed E-state index contributed by atoms with van der Waals surface area (Å²) in [5.74, 6) is -0.397. The van der Waals surface area contributed by atoms with Gasteiger partial charge in [0.05, 0.1) is 17.2 Å². The number of benzene rings is 1. The molecule has 3 aromatic rings. The van der Waals surface area contributed by atoms with Crippen LogP contribution >= 0.6 is 0 Å². The Morgan fingerprint density at radius 2 is 1.77 bits per heavy atom. The monoisotopic (exact) mass is 440 g/mol. The second-order valence-corrected chi connectivity index (χ2v) is 9.55. The number of carbonyl (C=O) groups is 1. The quantitative estimate of drug-likeness (QED) is 0.582. The van der Waals surface area contributed by atoms with Gasteiger partial charge >= 0.3 is 5.97 Å². The molecule has 162 valence electrons. The SMILES string of the molecule is CCOC(=O)c1c2c(c(C)n1C)-c1c(cc(S(=O)(=O)c3ccccc3)c(=O)n1C)CC2. The van der Waals surface area contributed by atoms with Crippen LogP contribution in [0, 0.1) is 6.92 Å². The maximum Gasteiger partial charge on any atom is 0.355 e. The second kappa shape index (κ2) is 7.53. The number of ether oxygens (including phenoxy) is 1. The summed E-state index contributed by atoms with van der Waals surface area (Å²) in [6.45, 7) is 3.91. The first-order chi connectivity index (χ1) is 14.7. The van der Waals surface area contributed by atoms with Gasteiger partial charge in [-0.2, -0.15) is 0 Å². The lowest BCUT2D eigenvalue weighted by molar-refractivity contribution is 0.0513. The molecule has 0 fully saturated rings. The van der Waals surface area contributed by atoms with E-state index in [9.17, 15) is 18.0 Å². The molecule has 1 aliphatic rings. The van der Waals surface area contributed by atoms with Gasteiger partial charge in [-0.25, -0.2) is 13.2 Å². The Labute approximate surface area is 180 Å². The van der Waals surface area contributed by atoms with E-state index in [0.717, 1.165) is 22.4 Å². The average Bonchev–Trinajstić information content (AvgIpc) is 3.01. The lowest BCUT2D eigenvalue weighted by Gasteiger charge is -2.22. The number of hydrogen-bond acceptors (Lipinski definition) is 5. The first-order valence-corrected chi connectivity index (χ1v) is 11.6. The highest BCUT2D eigenvalue weighted by Crippen LogP contribution is 2.39. The number of esters is 1. The number of hydrogen-bond donors (Lipinski definition) is 0. The van der Waals surface area contributed by atoms with Gasteiger partial charge in [0.15, 0.2) is 0 Å². The van der Waals surface area contributed by atoms with E-state index >= 15 is 0 Å². The van der Waals surface area contributed by atoms with Crippen LogP contribution in [-0.2, 0) is 41.5 Å². The number of rotatable bonds is 4. The minimum atomic E-state index is -3.95. The number of aryl methyl sites for hydroxylation is 1. The summed E-state index contributed by atoms with van der Waals surface area (Å²) in [5, 5.41) is 0. The molecular formula is C23H24N2O5S. The van der Waals surface area contributed by atoms with Gasteiger partial charge in [-0.05, 0) is 56.0 Å². The topological polar surface area (TPSA) is 87.4 Å². The molecular weight excluding hydrogens is 416 g/mol. The van der Waals surface area contributed by atoms with Crippen molar-refractivity contribution in [1.82, 2.24) is 9.13 Å². The zero-order valence-electron chi connectivity index (χ0n) is 17.9. The molecule has 0 amide bonds. The summed E-state index contributed by atoms with van der Waals surface area (Å²) in [6, 6.07) is 9.46. The van der Waals surface area contributed by atoms with Gasteiger partial charge in [-0.1, -0.05) is 18.2 Å². The van der Waals surface area contributed by atoms with E-state index in [1.54, 1.807) is 43.8 Å². The molecule has 0 atom stereocenters. The van der Waals surface area contributed by atoms with Gasteiger partial charge in [0.25, 0.3) is 5.56 Å². The van der Waals surface area contributed by atoms with E-state index in [2.05, 4.69) is 0 Å². The van der Waals surface area contributed by atoms with Crippen molar-refractivity contribution >= 4 is 15.8 Å². The smallest absolute Gasteiger partial charge is 0.355 e. The zero-order valence-corrected chi connectivity index (χ0v) is 18.7. The van der Waals surface area contributed by atoms with Crippen molar-refractivity contribution < 1.29 is 17.9 Å². The van der Waals surface area contributed by atoms with Crippen molar-refractivity contribution in [3.8, 4) is 11.3 Å². The summed E-state index contributed by atoms with van der Waals surface area (Å²) >= 11 is 0. The Kier molecular flexibility index (Phi) is 5.13. The van der Waals surface area contributed by atoms with Crippen LogP contribution in [0.2, 0.25) is 0 Å². The van der Waals surface area contributed by atoms with Crippen LogP contribution in [0.25, 0.3) is 11.3 Å². The molecule has 4 rings (SSSR count). The third-order valence-electron chi connectivity index (χ3n) is 5.94. The summed E-state index contributed by atoms with van der Waals surface area (Å²) in [4.78, 5) is 25.6. The van der Waals surface area contributed by atoms with E-state index in [4.69, 9.17) is 4.74 Å². The van der Waals surface area contributed by atoms with Crippen LogP contribution in [0.3, 0.4) is 0 Å². The van der Waals surface area contributed by atoms with Gasteiger partial charge in [-0.15, -0.1) is 0 Å². The molecule has 0 aliphatic heterocycles. The lowest BCUT2D eigenvalue weighted by Crippen LogP contribution is -2.28. The predicted octanol–water partition coefficient (Wildman–Crippen LogP) is 2.81. The maximum atomic E-state index is 13.2. The van der Waals surface area contributed by atoms with Crippen molar-refractivity contribution in [1.29, 1.82) is 0 Å². The van der Waals surface area contributed by atoms with Gasteiger partial charge < -0.3 is 13.9 Å². The summed E-state index contributed by atoms with van der Waals surface area (Å²) in [7, 11) is -0.572. The Morgan fingerprint density at radius 1 is 1.10 bits per heavy atom. The third kappa shape index (κ3) is 3.13. The lowest BCUT2D eigenvalue weighted by atomic mass is 9.89. The first kappa shape index (κ1) is 21.1. The van der Waals surface area contributed by atoms with E-state index in [-0.39, 0.29) is 16.4 Å². The maximum absolute atomic E-state index is 13.2. The van der Waals surface area contributed by atoms with Crippen molar-refractivity contribution in [2.75, 3.05) is 6.61 Å². The minimum Gasteiger partial charge on any atom is -0.461 e. The molecule has 2 aromatic heterocycles. The highest BCUT2D eigenvalue weighted by atomic mass is 32.2. The molecule has 0 saturated carbocycles. The van der Waals surface area contributed by atoms with Gasteiger partial charge in [-0.3, -0.25) is 4.79 Å². The molecule has 1 aliphatic carbocycles. The molecule has 1 aromatic carbocycles. The number of fused-ring (bicyclic) bond motifs is 3. The minimum absolute atomic E-state index is 0.0871. The normalized spacial score (nSPS) is 12.9. The van der Waals surface area contributed by atoms with Crippen LogP contribution in [0.5, 0.6) is 0 Å². The summed E-state index contributed by atoms with van der Waals surface area (Å²) in [6.07, 6.45) is 1.07. The van der Waals surface area contributed by atoms with E-state index < -0.39 is 21.4 Å². The Hall–Kier alpha value is -3.13. The molecule has 0 bridgehead atoms. The highest BCUT2D eigenvalue weighted by molar-refractivity contribution is 7.91. The third-order valence-corrected chi connectivity index (χ3v) is 7.71. The van der Waals surface area contributed by atoms with Crippen molar-refractivity contribution in [3.05, 3.63) is 69.3 Å². The summed E-state index contributed by atoms with van der Waals surface area (Å²) in [5.41, 5.74) is 3.78. The molecule has 0 N–H and O–H groups in total. The predicted molar refractivity (Wildman–Crippen MR) is 116 cm³/mol. The fraction of sp³-hybridized carbons (Fsp3) is 0.304. The van der Waals surface area contributed by atoms with E-state index in [1.165, 1.54) is 22.8 Å². The Morgan fingerprint density at radius 3 is 2.42 bits per heavy atom. The van der Waals surface area contributed by atoms with Crippen molar-refractivity contribution in [2.24, 2.45) is 14.1 Å². The fourth-order valence-electron chi connectivity index (χ4n) is 4.36. The van der Waals surface area contributed by atoms with Gasteiger partial charge in [0.2, 0.25) is 9.84 Å². The van der Waals surface area contributed by atoms with Gasteiger partial charge in [0, 0.05) is 25.4 Å². The largest absolute Gasteiger partial charge is 0.461 e. The number of sulfone groups is 1. The van der Waals surface area contributed by atoms with Gasteiger partial charge in [0.1, 0.15) is 10.6 Å². The second-order valence-electron chi connectivity index (χ2n) is 7.63. The fourth-order valence-corrected chi connectivity index (χ4v) is 5.79.